The Bertz CT molecular complexity index is 448. The number of carbonyl (C=O) groups is 2. The van der Waals surface area contributed by atoms with Crippen molar-refractivity contribution in [2.45, 2.75) is 26.0 Å². The molecule has 0 unspecified atom stereocenters. The van der Waals surface area contributed by atoms with Gasteiger partial charge >= 0.3 is 0 Å². The molecule has 1 aromatic carbocycles. The average molecular weight is 285 g/mol. The van der Waals surface area contributed by atoms with Gasteiger partial charge in [0.15, 0.2) is 6.10 Å². The number of hydrogen-bond donors (Lipinski definition) is 2. The molecule has 19 heavy (non-hydrogen) atoms. The van der Waals surface area contributed by atoms with Gasteiger partial charge in [-0.1, -0.05) is 11.6 Å². The molecule has 1 rings (SSSR count). The number of benzene rings is 1. The topological polar surface area (TPSA) is 67.4 Å². The summed E-state index contributed by atoms with van der Waals surface area (Å²) in [7, 11) is 1.51. The van der Waals surface area contributed by atoms with Gasteiger partial charge in [0.1, 0.15) is 11.8 Å². The highest BCUT2D eigenvalue weighted by Crippen LogP contribution is 2.16. The number of likely N-dealkylation sites (N-methyl/N-ethyl adjacent to an activating group) is 1. The van der Waals surface area contributed by atoms with Crippen LogP contribution < -0.4 is 15.4 Å². The monoisotopic (exact) mass is 284 g/mol. The molecule has 1 aromatic rings. The number of nitrogens with one attached hydrogen (secondary N) is 2. The first-order chi connectivity index (χ1) is 8.93. The van der Waals surface area contributed by atoms with E-state index in [4.69, 9.17) is 16.3 Å². The summed E-state index contributed by atoms with van der Waals surface area (Å²) in [6.45, 7) is 3.21. The van der Waals surface area contributed by atoms with E-state index in [9.17, 15) is 9.59 Å². The maximum Gasteiger partial charge on any atom is 0.261 e. The second kappa shape index (κ2) is 6.99. The average Bonchev–Trinajstić information content (AvgIpc) is 2.40. The van der Waals surface area contributed by atoms with Gasteiger partial charge in [0, 0.05) is 12.1 Å². The van der Waals surface area contributed by atoms with E-state index in [1.54, 1.807) is 38.1 Å². The van der Waals surface area contributed by atoms with Crippen molar-refractivity contribution in [2.24, 2.45) is 0 Å². The molecule has 0 fully saturated rings. The molecule has 0 radical (unpaired) electrons. The zero-order chi connectivity index (χ0) is 14.4. The van der Waals surface area contributed by atoms with Crippen molar-refractivity contribution in [3.8, 4) is 5.75 Å². The van der Waals surface area contributed by atoms with E-state index in [0.29, 0.717) is 10.8 Å². The Balaban J connectivity index is 2.53. The summed E-state index contributed by atoms with van der Waals surface area (Å²) >= 11 is 5.75. The molecular formula is C13H17ClN2O3. The summed E-state index contributed by atoms with van der Waals surface area (Å²) in [6, 6.07) is 6.10. The zero-order valence-corrected chi connectivity index (χ0v) is 11.8. The molecular weight excluding hydrogens is 268 g/mol. The van der Waals surface area contributed by atoms with Gasteiger partial charge in [0.25, 0.3) is 5.91 Å². The molecule has 2 atom stereocenters. The van der Waals surface area contributed by atoms with Gasteiger partial charge in [-0.2, -0.15) is 0 Å². The van der Waals surface area contributed by atoms with E-state index in [0.717, 1.165) is 0 Å². The number of hydrogen-bond acceptors (Lipinski definition) is 3. The van der Waals surface area contributed by atoms with Crippen LogP contribution in [0.15, 0.2) is 24.3 Å². The minimum atomic E-state index is -0.701. The normalized spacial score (nSPS) is 13.3. The van der Waals surface area contributed by atoms with Crippen molar-refractivity contribution < 1.29 is 14.3 Å². The Labute approximate surface area is 117 Å². The van der Waals surface area contributed by atoms with Gasteiger partial charge in [-0.25, -0.2) is 0 Å². The maximum absolute atomic E-state index is 11.8. The molecule has 0 aliphatic heterocycles. The van der Waals surface area contributed by atoms with E-state index >= 15 is 0 Å². The van der Waals surface area contributed by atoms with Crippen LogP contribution in [0.3, 0.4) is 0 Å². The van der Waals surface area contributed by atoms with Gasteiger partial charge in [-0.15, -0.1) is 0 Å². The molecule has 2 amide bonds. The van der Waals surface area contributed by atoms with Crippen molar-refractivity contribution >= 4 is 23.4 Å². The lowest BCUT2D eigenvalue weighted by Gasteiger charge is -2.17. The van der Waals surface area contributed by atoms with Crippen LogP contribution in [0, 0.1) is 0 Å². The summed E-state index contributed by atoms with van der Waals surface area (Å²) in [4.78, 5) is 23.1. The largest absolute Gasteiger partial charge is 0.481 e. The third-order valence-corrected chi connectivity index (χ3v) is 2.75. The second-order valence-corrected chi connectivity index (χ2v) is 4.49. The standard InChI is InChI=1S/C13H17ClN2O3/c1-8(12(17)15-3)16-13(18)9(2)19-11-6-4-10(14)5-7-11/h4-9H,1-3H3,(H,15,17)(H,16,18)/t8-,9-/m1/s1. The van der Waals surface area contributed by atoms with Crippen molar-refractivity contribution in [2.75, 3.05) is 7.05 Å². The molecule has 0 aliphatic carbocycles. The summed E-state index contributed by atoms with van der Waals surface area (Å²) in [6.07, 6.45) is -0.701. The Morgan fingerprint density at radius 3 is 2.26 bits per heavy atom. The van der Waals surface area contributed by atoms with Crippen LogP contribution in [0.2, 0.25) is 5.02 Å². The molecule has 0 bridgehead atoms. The van der Waals surface area contributed by atoms with E-state index in [1.807, 2.05) is 0 Å². The number of amides is 2. The van der Waals surface area contributed by atoms with Crippen molar-refractivity contribution in [1.82, 2.24) is 10.6 Å². The number of ether oxygens (including phenoxy) is 1. The maximum atomic E-state index is 11.8. The number of rotatable bonds is 5. The van der Waals surface area contributed by atoms with E-state index in [2.05, 4.69) is 10.6 Å². The van der Waals surface area contributed by atoms with Crippen LogP contribution in [0.4, 0.5) is 0 Å². The highest BCUT2D eigenvalue weighted by Gasteiger charge is 2.19. The lowest BCUT2D eigenvalue weighted by atomic mass is 10.2. The fourth-order valence-corrected chi connectivity index (χ4v) is 1.51. The van der Waals surface area contributed by atoms with E-state index in [-0.39, 0.29) is 11.8 Å². The van der Waals surface area contributed by atoms with Crippen LogP contribution in [0.5, 0.6) is 5.75 Å². The zero-order valence-electron chi connectivity index (χ0n) is 11.1. The molecule has 6 heteroatoms. The lowest BCUT2D eigenvalue weighted by molar-refractivity contribution is -0.132. The fourth-order valence-electron chi connectivity index (χ4n) is 1.38. The third-order valence-electron chi connectivity index (χ3n) is 2.49. The number of halogens is 1. The highest BCUT2D eigenvalue weighted by molar-refractivity contribution is 6.30. The molecule has 0 aliphatic rings. The van der Waals surface area contributed by atoms with E-state index < -0.39 is 12.1 Å². The first-order valence-electron chi connectivity index (χ1n) is 5.88. The van der Waals surface area contributed by atoms with Crippen LogP contribution in [0.25, 0.3) is 0 Å². The Morgan fingerprint density at radius 2 is 1.74 bits per heavy atom. The fraction of sp³-hybridized carbons (Fsp3) is 0.385. The second-order valence-electron chi connectivity index (χ2n) is 4.06. The molecule has 5 nitrogen and oxygen atoms in total. The first-order valence-corrected chi connectivity index (χ1v) is 6.26. The molecule has 0 heterocycles. The van der Waals surface area contributed by atoms with Gasteiger partial charge in [0.05, 0.1) is 0 Å². The Morgan fingerprint density at radius 1 is 1.16 bits per heavy atom. The molecule has 2 N–H and O–H groups in total. The first kappa shape index (κ1) is 15.3. The predicted molar refractivity (Wildman–Crippen MR) is 73.2 cm³/mol. The van der Waals surface area contributed by atoms with Crippen molar-refractivity contribution in [3.05, 3.63) is 29.3 Å². The SMILES string of the molecule is CNC(=O)[C@@H](C)NC(=O)[C@@H](C)Oc1ccc(Cl)cc1. The van der Waals surface area contributed by atoms with Crippen LogP contribution in [-0.2, 0) is 9.59 Å². The number of carbonyl (C=O) groups excluding carboxylic acids is 2. The molecule has 0 spiro atoms. The quantitative estimate of drug-likeness (QED) is 0.858. The van der Waals surface area contributed by atoms with Gasteiger partial charge in [0.2, 0.25) is 5.91 Å². The van der Waals surface area contributed by atoms with Crippen molar-refractivity contribution in [3.63, 3.8) is 0 Å². The summed E-state index contributed by atoms with van der Waals surface area (Å²) in [5.41, 5.74) is 0. The predicted octanol–water partition coefficient (Wildman–Crippen LogP) is 1.36. The Kier molecular flexibility index (Phi) is 5.63. The minimum Gasteiger partial charge on any atom is -0.481 e. The van der Waals surface area contributed by atoms with Crippen LogP contribution >= 0.6 is 11.6 Å². The van der Waals surface area contributed by atoms with Gasteiger partial charge in [-0.05, 0) is 38.1 Å². The Hall–Kier alpha value is -1.75. The molecule has 0 saturated heterocycles. The highest BCUT2D eigenvalue weighted by atomic mass is 35.5. The summed E-state index contributed by atoms with van der Waals surface area (Å²) < 4.78 is 5.44. The minimum absolute atomic E-state index is 0.257. The molecule has 0 aromatic heterocycles. The van der Waals surface area contributed by atoms with Crippen LogP contribution in [0.1, 0.15) is 13.8 Å². The van der Waals surface area contributed by atoms with Gasteiger partial charge < -0.3 is 15.4 Å². The van der Waals surface area contributed by atoms with E-state index in [1.165, 1.54) is 7.05 Å². The van der Waals surface area contributed by atoms with Crippen LogP contribution in [-0.4, -0.2) is 31.0 Å². The van der Waals surface area contributed by atoms with Crippen molar-refractivity contribution in [1.29, 1.82) is 0 Å². The molecule has 104 valence electrons. The summed E-state index contributed by atoms with van der Waals surface area (Å²) in [5.74, 6) is -0.0715. The summed E-state index contributed by atoms with van der Waals surface area (Å²) in [5, 5.41) is 5.61. The third kappa shape index (κ3) is 4.79. The van der Waals surface area contributed by atoms with Gasteiger partial charge in [-0.3, -0.25) is 9.59 Å². The lowest BCUT2D eigenvalue weighted by Crippen LogP contribution is -2.47. The molecule has 0 saturated carbocycles. The smallest absolute Gasteiger partial charge is 0.261 e.